The van der Waals surface area contributed by atoms with Gasteiger partial charge in [-0.25, -0.2) is 4.79 Å². The fourth-order valence-corrected chi connectivity index (χ4v) is 1.56. The van der Waals surface area contributed by atoms with Crippen LogP contribution >= 0.6 is 0 Å². The normalized spacial score (nSPS) is 23.8. The molecule has 14 heavy (non-hydrogen) atoms. The molecule has 80 valence electrons. The summed E-state index contributed by atoms with van der Waals surface area (Å²) in [5, 5.41) is 0. The Morgan fingerprint density at radius 1 is 1.64 bits per heavy atom. The van der Waals surface area contributed by atoms with Crippen LogP contribution in [0.15, 0.2) is 12.2 Å². The number of ether oxygens (including phenoxy) is 2. The molecule has 0 aromatic heterocycles. The summed E-state index contributed by atoms with van der Waals surface area (Å²) >= 11 is 0. The first-order valence-corrected chi connectivity index (χ1v) is 4.91. The van der Waals surface area contributed by atoms with Crippen LogP contribution in [-0.4, -0.2) is 24.3 Å². The number of carbonyl (C=O) groups excluding carboxylic acids is 1. The number of hydrogen-bond donors (Lipinski definition) is 0. The Bertz CT molecular complexity index is 235. The first-order chi connectivity index (χ1) is 6.41. The number of esters is 1. The lowest BCUT2D eigenvalue weighted by Crippen LogP contribution is -2.46. The van der Waals surface area contributed by atoms with Crippen LogP contribution in [0.5, 0.6) is 0 Å². The van der Waals surface area contributed by atoms with E-state index in [1.807, 2.05) is 0 Å². The summed E-state index contributed by atoms with van der Waals surface area (Å²) in [6, 6.07) is 0. The monoisotopic (exact) mass is 198 g/mol. The van der Waals surface area contributed by atoms with Crippen molar-refractivity contribution in [1.82, 2.24) is 0 Å². The van der Waals surface area contributed by atoms with Crippen LogP contribution in [0.2, 0.25) is 0 Å². The smallest absolute Gasteiger partial charge is 0.333 e. The Labute approximate surface area is 85.1 Å². The van der Waals surface area contributed by atoms with Gasteiger partial charge < -0.3 is 9.47 Å². The molecule has 0 saturated carbocycles. The first-order valence-electron chi connectivity index (χ1n) is 4.91. The lowest BCUT2D eigenvalue weighted by Gasteiger charge is -2.43. The Balaban J connectivity index is 2.06. The van der Waals surface area contributed by atoms with E-state index in [1.54, 1.807) is 6.92 Å². The van der Waals surface area contributed by atoms with Crippen LogP contribution in [0.3, 0.4) is 0 Å². The Kier molecular flexibility index (Phi) is 3.32. The molecule has 0 spiro atoms. The van der Waals surface area contributed by atoms with Gasteiger partial charge in [0.2, 0.25) is 0 Å². The molecule has 0 aliphatic carbocycles. The molecular formula is C11H18O3. The van der Waals surface area contributed by atoms with E-state index in [0.717, 1.165) is 12.8 Å². The average molecular weight is 198 g/mol. The maximum atomic E-state index is 11.0. The van der Waals surface area contributed by atoms with Crippen LogP contribution in [-0.2, 0) is 14.3 Å². The highest BCUT2D eigenvalue weighted by Crippen LogP contribution is 2.33. The molecule has 1 atom stereocenters. The van der Waals surface area contributed by atoms with Gasteiger partial charge in [-0.05, 0) is 20.8 Å². The van der Waals surface area contributed by atoms with E-state index >= 15 is 0 Å². The van der Waals surface area contributed by atoms with E-state index in [9.17, 15) is 4.79 Å². The number of hydrogen-bond acceptors (Lipinski definition) is 3. The third kappa shape index (κ3) is 3.14. The molecule has 3 heteroatoms. The SMILES string of the molecule is C=C(C)C(=O)OCCC1CC(C)(C)O1. The van der Waals surface area contributed by atoms with Crippen molar-refractivity contribution >= 4 is 5.97 Å². The Hall–Kier alpha value is -0.830. The molecule has 3 nitrogen and oxygen atoms in total. The van der Waals surface area contributed by atoms with Crippen molar-refractivity contribution in [3.05, 3.63) is 12.2 Å². The molecule has 0 amide bonds. The summed E-state index contributed by atoms with van der Waals surface area (Å²) in [4.78, 5) is 11.0. The predicted molar refractivity (Wildman–Crippen MR) is 54.0 cm³/mol. The van der Waals surface area contributed by atoms with Crippen LogP contribution in [0, 0.1) is 0 Å². The van der Waals surface area contributed by atoms with Crippen molar-refractivity contribution in [3.63, 3.8) is 0 Å². The summed E-state index contributed by atoms with van der Waals surface area (Å²) in [5.74, 6) is -0.316. The van der Waals surface area contributed by atoms with Crippen LogP contribution < -0.4 is 0 Å². The third-order valence-corrected chi connectivity index (χ3v) is 2.23. The van der Waals surface area contributed by atoms with E-state index in [0.29, 0.717) is 12.2 Å². The molecule has 1 fully saturated rings. The highest BCUT2D eigenvalue weighted by molar-refractivity contribution is 5.86. The summed E-state index contributed by atoms with van der Waals surface area (Å²) in [7, 11) is 0. The van der Waals surface area contributed by atoms with Gasteiger partial charge in [0.05, 0.1) is 18.3 Å². The number of carbonyl (C=O) groups is 1. The second kappa shape index (κ2) is 4.13. The zero-order chi connectivity index (χ0) is 10.8. The van der Waals surface area contributed by atoms with Crippen molar-refractivity contribution < 1.29 is 14.3 Å². The van der Waals surface area contributed by atoms with E-state index in [2.05, 4.69) is 20.4 Å². The molecule has 1 rings (SSSR count). The van der Waals surface area contributed by atoms with Crippen molar-refractivity contribution in [2.45, 2.75) is 45.3 Å². The Morgan fingerprint density at radius 3 is 2.64 bits per heavy atom. The van der Waals surface area contributed by atoms with Crippen LogP contribution in [0.25, 0.3) is 0 Å². The molecule has 1 aliphatic rings. The standard InChI is InChI=1S/C11H18O3/c1-8(2)10(12)13-6-5-9-7-11(3,4)14-9/h9H,1,5-7H2,2-4H3. The van der Waals surface area contributed by atoms with Crippen molar-refractivity contribution in [2.75, 3.05) is 6.61 Å². The van der Waals surface area contributed by atoms with E-state index in [-0.39, 0.29) is 17.7 Å². The second-order valence-electron chi connectivity index (χ2n) is 4.41. The van der Waals surface area contributed by atoms with Gasteiger partial charge in [0.1, 0.15) is 0 Å². The van der Waals surface area contributed by atoms with Gasteiger partial charge >= 0.3 is 5.97 Å². The largest absolute Gasteiger partial charge is 0.462 e. The van der Waals surface area contributed by atoms with Gasteiger partial charge in [-0.1, -0.05) is 6.58 Å². The zero-order valence-corrected chi connectivity index (χ0v) is 9.13. The molecule has 0 radical (unpaired) electrons. The third-order valence-electron chi connectivity index (χ3n) is 2.23. The van der Waals surface area contributed by atoms with Gasteiger partial charge in [-0.2, -0.15) is 0 Å². The topological polar surface area (TPSA) is 35.5 Å². The van der Waals surface area contributed by atoms with Gasteiger partial charge in [-0.15, -0.1) is 0 Å². The van der Waals surface area contributed by atoms with Crippen molar-refractivity contribution in [3.8, 4) is 0 Å². The van der Waals surface area contributed by atoms with E-state index in [4.69, 9.17) is 9.47 Å². The summed E-state index contributed by atoms with van der Waals surface area (Å²) < 4.78 is 10.5. The Morgan fingerprint density at radius 2 is 2.21 bits per heavy atom. The minimum absolute atomic E-state index is 0.0169. The molecule has 1 aliphatic heterocycles. The first kappa shape index (κ1) is 11.2. The van der Waals surface area contributed by atoms with Gasteiger partial charge in [0.15, 0.2) is 0 Å². The summed E-state index contributed by atoms with van der Waals surface area (Å²) in [6.07, 6.45) is 2.07. The number of rotatable bonds is 4. The lowest BCUT2D eigenvalue weighted by molar-refractivity contribution is -0.190. The molecule has 0 aromatic carbocycles. The molecule has 0 aromatic rings. The van der Waals surface area contributed by atoms with E-state index in [1.165, 1.54) is 0 Å². The fourth-order valence-electron chi connectivity index (χ4n) is 1.56. The van der Waals surface area contributed by atoms with Crippen LogP contribution in [0.4, 0.5) is 0 Å². The predicted octanol–water partition coefficient (Wildman–Crippen LogP) is 2.06. The molecule has 1 unspecified atom stereocenters. The summed E-state index contributed by atoms with van der Waals surface area (Å²) in [6.45, 7) is 9.69. The second-order valence-corrected chi connectivity index (χ2v) is 4.41. The maximum Gasteiger partial charge on any atom is 0.333 e. The highest BCUT2D eigenvalue weighted by atomic mass is 16.5. The van der Waals surface area contributed by atoms with E-state index < -0.39 is 0 Å². The van der Waals surface area contributed by atoms with Gasteiger partial charge in [0.25, 0.3) is 0 Å². The fraction of sp³-hybridized carbons (Fsp3) is 0.727. The quantitative estimate of drug-likeness (QED) is 0.512. The summed E-state index contributed by atoms with van der Waals surface area (Å²) in [5.41, 5.74) is 0.461. The van der Waals surface area contributed by atoms with Gasteiger partial charge in [-0.3, -0.25) is 0 Å². The maximum absolute atomic E-state index is 11.0. The molecule has 0 bridgehead atoms. The van der Waals surface area contributed by atoms with Crippen molar-refractivity contribution in [2.24, 2.45) is 0 Å². The van der Waals surface area contributed by atoms with Gasteiger partial charge in [0, 0.05) is 18.4 Å². The van der Waals surface area contributed by atoms with Crippen molar-refractivity contribution in [1.29, 1.82) is 0 Å². The van der Waals surface area contributed by atoms with Crippen LogP contribution in [0.1, 0.15) is 33.6 Å². The minimum atomic E-state index is -0.316. The highest BCUT2D eigenvalue weighted by Gasteiger charge is 2.36. The molecule has 1 heterocycles. The lowest BCUT2D eigenvalue weighted by atomic mass is 9.92. The molecule has 0 N–H and O–H groups in total. The molecule has 1 saturated heterocycles. The average Bonchev–Trinajstić information content (AvgIpc) is 2.00. The minimum Gasteiger partial charge on any atom is -0.462 e. The zero-order valence-electron chi connectivity index (χ0n) is 9.13. The molecular weight excluding hydrogens is 180 g/mol.